The second kappa shape index (κ2) is 5.01. The Labute approximate surface area is 123 Å². The van der Waals surface area contributed by atoms with Crippen molar-refractivity contribution >= 4 is 5.78 Å². The molecule has 1 heterocycles. The van der Waals surface area contributed by atoms with Gasteiger partial charge >= 0.3 is 0 Å². The fourth-order valence-electron chi connectivity index (χ4n) is 2.67. The van der Waals surface area contributed by atoms with Crippen LogP contribution in [0.5, 0.6) is 5.75 Å². The summed E-state index contributed by atoms with van der Waals surface area (Å²) in [6.45, 7) is 1.75. The largest absolute Gasteiger partial charge is 0.490 e. The van der Waals surface area contributed by atoms with Crippen molar-refractivity contribution < 1.29 is 9.53 Å². The van der Waals surface area contributed by atoms with Crippen LogP contribution in [0.25, 0.3) is 0 Å². The molecule has 106 valence electrons. The summed E-state index contributed by atoms with van der Waals surface area (Å²) in [5, 5.41) is 3.30. The lowest BCUT2D eigenvalue weighted by Gasteiger charge is -2.06. The highest BCUT2D eigenvalue weighted by molar-refractivity contribution is 6.09. The van der Waals surface area contributed by atoms with Crippen molar-refractivity contribution in [2.75, 3.05) is 0 Å². The quantitative estimate of drug-likeness (QED) is 0.874. The van der Waals surface area contributed by atoms with E-state index < -0.39 is 0 Å². The second-order valence-electron chi connectivity index (χ2n) is 5.76. The summed E-state index contributed by atoms with van der Waals surface area (Å²) >= 11 is 0. The van der Waals surface area contributed by atoms with E-state index in [0.717, 1.165) is 37.2 Å². The number of hydrogen-bond acceptors (Lipinski definition) is 3. The molecule has 0 saturated heterocycles. The molecule has 21 heavy (non-hydrogen) atoms. The third-order valence-corrected chi connectivity index (χ3v) is 4.04. The summed E-state index contributed by atoms with van der Waals surface area (Å²) in [5.41, 5.74) is 3.99. The molecular weight excluding hydrogens is 262 g/mol. The average molecular weight is 279 g/mol. The zero-order valence-electron chi connectivity index (χ0n) is 11.8. The predicted molar refractivity (Wildman–Crippen MR) is 80.5 cm³/mol. The van der Waals surface area contributed by atoms with E-state index in [1.165, 1.54) is 11.1 Å². The number of ketones is 1. The molecule has 0 atom stereocenters. The lowest BCUT2D eigenvalue weighted by Crippen LogP contribution is -2.03. The minimum Gasteiger partial charge on any atom is -0.490 e. The summed E-state index contributed by atoms with van der Waals surface area (Å²) in [4.78, 5) is 12.5. The summed E-state index contributed by atoms with van der Waals surface area (Å²) in [6, 6.07) is 13.5. The van der Waals surface area contributed by atoms with Crippen molar-refractivity contribution in [3.63, 3.8) is 0 Å². The smallest absolute Gasteiger partial charge is 0.193 e. The highest BCUT2D eigenvalue weighted by atomic mass is 16.5. The van der Waals surface area contributed by atoms with Gasteiger partial charge in [0.15, 0.2) is 5.78 Å². The van der Waals surface area contributed by atoms with E-state index in [1.54, 1.807) is 0 Å². The molecule has 4 rings (SSSR count). The topological polar surface area (TPSA) is 38.3 Å². The highest BCUT2D eigenvalue weighted by Gasteiger charge is 2.23. The molecule has 3 heteroatoms. The minimum atomic E-state index is 0.0719. The van der Waals surface area contributed by atoms with Gasteiger partial charge in [-0.1, -0.05) is 12.1 Å². The number of ether oxygens (including phenoxy) is 1. The fraction of sp³-hybridized carbons (Fsp3) is 0.278. The standard InChI is InChI=1S/C18H17NO2/c20-18(13-1-2-14-10-19-11-15(14)9-13)12-3-5-16(6-4-12)21-17-7-8-17/h1-6,9,17,19H,7-8,10-11H2. The van der Waals surface area contributed by atoms with Gasteiger partial charge in [0.05, 0.1) is 6.10 Å². The van der Waals surface area contributed by atoms with Crippen LogP contribution in [0.4, 0.5) is 0 Å². The normalized spacial score (nSPS) is 16.6. The lowest BCUT2D eigenvalue weighted by atomic mass is 9.99. The molecule has 0 aromatic heterocycles. The first kappa shape index (κ1) is 12.6. The molecule has 2 aromatic carbocycles. The molecule has 1 N–H and O–H groups in total. The van der Waals surface area contributed by atoms with Gasteiger partial charge in [-0.3, -0.25) is 4.79 Å². The second-order valence-corrected chi connectivity index (χ2v) is 5.76. The Morgan fingerprint density at radius 3 is 2.43 bits per heavy atom. The number of fused-ring (bicyclic) bond motifs is 1. The lowest BCUT2D eigenvalue weighted by molar-refractivity contribution is 0.103. The zero-order valence-corrected chi connectivity index (χ0v) is 11.8. The van der Waals surface area contributed by atoms with E-state index in [4.69, 9.17) is 4.74 Å². The molecule has 1 aliphatic carbocycles. The highest BCUT2D eigenvalue weighted by Crippen LogP contribution is 2.27. The van der Waals surface area contributed by atoms with Gasteiger partial charge in [0.25, 0.3) is 0 Å². The van der Waals surface area contributed by atoms with Gasteiger partial charge in [0.1, 0.15) is 5.75 Å². The van der Waals surface area contributed by atoms with E-state index in [1.807, 2.05) is 42.5 Å². The first-order chi connectivity index (χ1) is 10.3. The molecule has 1 aliphatic heterocycles. The zero-order chi connectivity index (χ0) is 14.2. The Kier molecular flexibility index (Phi) is 3.00. The van der Waals surface area contributed by atoms with E-state index in [9.17, 15) is 4.79 Å². The first-order valence-corrected chi connectivity index (χ1v) is 7.43. The average Bonchev–Trinajstić information content (AvgIpc) is 3.21. The Morgan fingerprint density at radius 1 is 0.952 bits per heavy atom. The van der Waals surface area contributed by atoms with E-state index in [2.05, 4.69) is 5.32 Å². The van der Waals surface area contributed by atoms with Crippen LogP contribution in [0.15, 0.2) is 42.5 Å². The van der Waals surface area contributed by atoms with Crippen LogP contribution in [0.1, 0.15) is 39.9 Å². The molecule has 0 amide bonds. The van der Waals surface area contributed by atoms with Gasteiger partial charge in [-0.05, 0) is 54.3 Å². The summed E-state index contributed by atoms with van der Waals surface area (Å²) < 4.78 is 5.71. The molecule has 2 aromatic rings. The van der Waals surface area contributed by atoms with Crippen LogP contribution < -0.4 is 10.1 Å². The Morgan fingerprint density at radius 2 is 1.67 bits per heavy atom. The van der Waals surface area contributed by atoms with E-state index in [-0.39, 0.29) is 5.78 Å². The van der Waals surface area contributed by atoms with Crippen molar-refractivity contribution in [3.05, 3.63) is 64.7 Å². The Hall–Kier alpha value is -2.13. The van der Waals surface area contributed by atoms with Crippen molar-refractivity contribution in [1.82, 2.24) is 5.32 Å². The molecule has 0 radical (unpaired) electrons. The van der Waals surface area contributed by atoms with E-state index >= 15 is 0 Å². The maximum atomic E-state index is 12.5. The van der Waals surface area contributed by atoms with E-state index in [0.29, 0.717) is 11.7 Å². The van der Waals surface area contributed by atoms with Crippen LogP contribution in [-0.2, 0) is 13.1 Å². The molecular formula is C18H17NO2. The van der Waals surface area contributed by atoms with Crippen molar-refractivity contribution in [2.24, 2.45) is 0 Å². The molecule has 2 aliphatic rings. The number of hydrogen-bond donors (Lipinski definition) is 1. The summed E-state index contributed by atoms with van der Waals surface area (Å²) in [6.07, 6.45) is 2.67. The van der Waals surface area contributed by atoms with Gasteiger partial charge in [0.2, 0.25) is 0 Å². The molecule has 1 saturated carbocycles. The van der Waals surface area contributed by atoms with Crippen molar-refractivity contribution in [3.8, 4) is 5.75 Å². The Bertz CT molecular complexity index is 687. The van der Waals surface area contributed by atoms with Gasteiger partial charge in [-0.25, -0.2) is 0 Å². The molecule has 0 bridgehead atoms. The maximum absolute atomic E-state index is 12.5. The maximum Gasteiger partial charge on any atom is 0.193 e. The third kappa shape index (κ3) is 2.57. The first-order valence-electron chi connectivity index (χ1n) is 7.43. The van der Waals surface area contributed by atoms with Gasteiger partial charge in [-0.15, -0.1) is 0 Å². The van der Waals surface area contributed by atoms with Crippen LogP contribution >= 0.6 is 0 Å². The van der Waals surface area contributed by atoms with Gasteiger partial charge < -0.3 is 10.1 Å². The molecule has 3 nitrogen and oxygen atoms in total. The third-order valence-electron chi connectivity index (χ3n) is 4.04. The predicted octanol–water partition coefficient (Wildman–Crippen LogP) is 3.06. The van der Waals surface area contributed by atoms with Gasteiger partial charge in [-0.2, -0.15) is 0 Å². The van der Waals surface area contributed by atoms with Crippen LogP contribution in [0.3, 0.4) is 0 Å². The Balaban J connectivity index is 1.55. The van der Waals surface area contributed by atoms with Gasteiger partial charge in [0, 0.05) is 24.2 Å². The fourth-order valence-corrected chi connectivity index (χ4v) is 2.67. The molecule has 1 fully saturated rings. The number of carbonyl (C=O) groups excluding carboxylic acids is 1. The number of benzene rings is 2. The SMILES string of the molecule is O=C(c1ccc(OC2CC2)cc1)c1ccc2c(c1)CNC2. The number of carbonyl (C=O) groups is 1. The monoisotopic (exact) mass is 279 g/mol. The van der Waals surface area contributed by atoms with Crippen molar-refractivity contribution in [2.45, 2.75) is 32.0 Å². The number of nitrogens with one attached hydrogen (secondary N) is 1. The summed E-state index contributed by atoms with van der Waals surface area (Å²) in [5.74, 6) is 0.926. The van der Waals surface area contributed by atoms with Crippen LogP contribution in [-0.4, -0.2) is 11.9 Å². The molecule has 0 spiro atoms. The molecule has 0 unspecified atom stereocenters. The minimum absolute atomic E-state index is 0.0719. The van der Waals surface area contributed by atoms with Crippen LogP contribution in [0.2, 0.25) is 0 Å². The summed E-state index contributed by atoms with van der Waals surface area (Å²) in [7, 11) is 0. The van der Waals surface area contributed by atoms with Crippen molar-refractivity contribution in [1.29, 1.82) is 0 Å². The van der Waals surface area contributed by atoms with Crippen LogP contribution in [0, 0.1) is 0 Å². The number of rotatable bonds is 4.